The van der Waals surface area contributed by atoms with Gasteiger partial charge in [0.05, 0.1) is 5.69 Å². The van der Waals surface area contributed by atoms with Gasteiger partial charge in [-0.2, -0.15) is 0 Å². The zero-order valence-electron chi connectivity index (χ0n) is 10.7. The second-order valence-corrected chi connectivity index (χ2v) is 4.07. The molecule has 1 atom stereocenters. The van der Waals surface area contributed by atoms with Gasteiger partial charge in [-0.3, -0.25) is 9.78 Å². The molecule has 1 heterocycles. The number of hydrogen-bond acceptors (Lipinski definition) is 4. The Morgan fingerprint density at radius 2 is 2.24 bits per heavy atom. The Bertz CT molecular complexity index is 418. The van der Waals surface area contributed by atoms with Crippen molar-refractivity contribution in [2.24, 2.45) is 5.73 Å². The molecule has 0 saturated carbocycles. The van der Waals surface area contributed by atoms with E-state index in [-0.39, 0.29) is 6.10 Å². The molecule has 0 aromatic carbocycles. The Labute approximate surface area is 101 Å². The molecule has 0 aliphatic heterocycles. The number of primary amides is 1. The Morgan fingerprint density at radius 3 is 2.76 bits per heavy atom. The van der Waals surface area contributed by atoms with E-state index >= 15 is 0 Å². The van der Waals surface area contributed by atoms with Gasteiger partial charge >= 0.3 is 0 Å². The van der Waals surface area contributed by atoms with Gasteiger partial charge in [-0.1, -0.05) is 0 Å². The molecule has 1 unspecified atom stereocenters. The number of pyridine rings is 1. The monoisotopic (exact) mass is 237 g/mol. The topological polar surface area (TPSA) is 77.2 Å². The van der Waals surface area contributed by atoms with Crippen LogP contribution in [0.3, 0.4) is 0 Å². The van der Waals surface area contributed by atoms with Crippen molar-refractivity contribution >= 4 is 5.91 Å². The third-order valence-electron chi connectivity index (χ3n) is 2.36. The quantitative estimate of drug-likeness (QED) is 0.793. The number of aryl methyl sites for hydroxylation is 2. The van der Waals surface area contributed by atoms with Gasteiger partial charge in [-0.15, -0.1) is 0 Å². The third kappa shape index (κ3) is 3.42. The molecule has 17 heavy (non-hydrogen) atoms. The van der Waals surface area contributed by atoms with Crippen LogP contribution in [0.1, 0.15) is 28.7 Å². The summed E-state index contributed by atoms with van der Waals surface area (Å²) in [6.07, 6.45) is -0.0423. The number of likely N-dealkylation sites (N-methyl/N-ethyl adjacent to an activating group) is 1. The molecule has 0 aliphatic carbocycles. The van der Waals surface area contributed by atoms with Gasteiger partial charge in [0.2, 0.25) is 0 Å². The minimum atomic E-state index is -0.512. The molecule has 0 spiro atoms. The maximum absolute atomic E-state index is 11.4. The van der Waals surface area contributed by atoms with E-state index in [2.05, 4.69) is 10.3 Å². The molecule has 1 rings (SSSR count). The number of nitrogens with zero attached hydrogens (tertiary/aromatic N) is 1. The number of nitrogens with two attached hydrogens (primary N) is 1. The fourth-order valence-electron chi connectivity index (χ4n) is 1.73. The molecule has 3 N–H and O–H groups in total. The summed E-state index contributed by atoms with van der Waals surface area (Å²) in [5.41, 5.74) is 7.11. The van der Waals surface area contributed by atoms with Crippen molar-refractivity contribution in [3.05, 3.63) is 23.0 Å². The summed E-state index contributed by atoms with van der Waals surface area (Å²) in [5, 5.41) is 3.01. The molecule has 1 aromatic heterocycles. The summed E-state index contributed by atoms with van der Waals surface area (Å²) in [4.78, 5) is 15.6. The number of aromatic nitrogens is 1. The predicted octanol–water partition coefficient (Wildman–Crippen LogP) is 0.784. The van der Waals surface area contributed by atoms with Gasteiger partial charge < -0.3 is 15.8 Å². The number of carbonyl (C=O) groups is 1. The minimum absolute atomic E-state index is 0.0423. The smallest absolute Gasteiger partial charge is 0.254 e. The van der Waals surface area contributed by atoms with Crippen LogP contribution in [0, 0.1) is 13.8 Å². The van der Waals surface area contributed by atoms with Crippen molar-refractivity contribution in [1.29, 1.82) is 0 Å². The van der Waals surface area contributed by atoms with Gasteiger partial charge in [-0.25, -0.2) is 0 Å². The lowest BCUT2D eigenvalue weighted by Gasteiger charge is -2.17. The Balaban J connectivity index is 3.08. The van der Waals surface area contributed by atoms with Crippen molar-refractivity contribution in [3.8, 4) is 5.75 Å². The van der Waals surface area contributed by atoms with Gasteiger partial charge in [0.15, 0.2) is 0 Å². The fourth-order valence-corrected chi connectivity index (χ4v) is 1.73. The second-order valence-electron chi connectivity index (χ2n) is 4.07. The first kappa shape index (κ1) is 13.4. The van der Waals surface area contributed by atoms with Crippen molar-refractivity contribution < 1.29 is 9.53 Å². The minimum Gasteiger partial charge on any atom is -0.488 e. The van der Waals surface area contributed by atoms with E-state index in [0.29, 0.717) is 23.6 Å². The van der Waals surface area contributed by atoms with Crippen molar-refractivity contribution in [2.45, 2.75) is 26.9 Å². The molecule has 5 heteroatoms. The number of amides is 1. The molecular weight excluding hydrogens is 218 g/mol. The first-order valence-corrected chi connectivity index (χ1v) is 5.55. The lowest BCUT2D eigenvalue weighted by molar-refractivity contribution is 0.0992. The summed E-state index contributed by atoms with van der Waals surface area (Å²) >= 11 is 0. The average molecular weight is 237 g/mol. The van der Waals surface area contributed by atoms with Crippen molar-refractivity contribution in [1.82, 2.24) is 10.3 Å². The van der Waals surface area contributed by atoms with E-state index in [9.17, 15) is 4.79 Å². The average Bonchev–Trinajstić information content (AvgIpc) is 2.15. The highest BCUT2D eigenvalue weighted by Gasteiger charge is 2.16. The van der Waals surface area contributed by atoms with E-state index in [0.717, 1.165) is 5.69 Å². The first-order chi connectivity index (χ1) is 7.95. The summed E-state index contributed by atoms with van der Waals surface area (Å²) in [7, 11) is 1.85. The molecular formula is C12H19N3O2. The highest BCUT2D eigenvalue weighted by molar-refractivity contribution is 5.96. The van der Waals surface area contributed by atoms with Crippen LogP contribution in [-0.2, 0) is 0 Å². The number of nitrogens with one attached hydrogen (secondary N) is 1. The van der Waals surface area contributed by atoms with Gasteiger partial charge in [0.1, 0.15) is 17.4 Å². The second kappa shape index (κ2) is 5.63. The highest BCUT2D eigenvalue weighted by atomic mass is 16.5. The van der Waals surface area contributed by atoms with E-state index in [1.54, 1.807) is 13.0 Å². The molecule has 0 bridgehead atoms. The summed E-state index contributed by atoms with van der Waals surface area (Å²) in [6, 6.07) is 1.74. The summed E-state index contributed by atoms with van der Waals surface area (Å²) in [5.74, 6) is -0.00749. The van der Waals surface area contributed by atoms with Crippen LogP contribution in [0.5, 0.6) is 5.75 Å². The molecule has 0 saturated heterocycles. The summed E-state index contributed by atoms with van der Waals surface area (Å²) in [6.45, 7) is 6.22. The predicted molar refractivity (Wildman–Crippen MR) is 66.2 cm³/mol. The highest BCUT2D eigenvalue weighted by Crippen LogP contribution is 2.22. The fraction of sp³-hybridized carbons (Fsp3) is 0.500. The maximum Gasteiger partial charge on any atom is 0.254 e. The van der Waals surface area contributed by atoms with Crippen LogP contribution in [0.4, 0.5) is 0 Å². The molecule has 0 radical (unpaired) electrons. The van der Waals surface area contributed by atoms with Gasteiger partial charge in [-0.05, 0) is 27.8 Å². The standard InChI is InChI=1S/C12H19N3O2/c1-7-5-10(17-8(2)6-14-4)11(12(13)16)9(3)15-7/h5,8,14H,6H2,1-4H3,(H2,13,16). The molecule has 1 aromatic rings. The number of ether oxygens (including phenoxy) is 1. The van der Waals surface area contributed by atoms with Crippen LogP contribution >= 0.6 is 0 Å². The normalized spacial score (nSPS) is 12.2. The number of hydrogen-bond donors (Lipinski definition) is 2. The van der Waals surface area contributed by atoms with Crippen molar-refractivity contribution in [3.63, 3.8) is 0 Å². The number of rotatable bonds is 5. The lowest BCUT2D eigenvalue weighted by atomic mass is 10.1. The Hall–Kier alpha value is -1.62. The van der Waals surface area contributed by atoms with Crippen LogP contribution in [0.25, 0.3) is 0 Å². The zero-order valence-corrected chi connectivity index (χ0v) is 10.7. The van der Waals surface area contributed by atoms with E-state index < -0.39 is 5.91 Å². The molecule has 0 aliphatic rings. The van der Waals surface area contributed by atoms with Crippen molar-refractivity contribution in [2.75, 3.05) is 13.6 Å². The molecule has 5 nitrogen and oxygen atoms in total. The molecule has 94 valence electrons. The number of carbonyl (C=O) groups excluding carboxylic acids is 1. The maximum atomic E-state index is 11.4. The molecule has 0 fully saturated rings. The lowest BCUT2D eigenvalue weighted by Crippen LogP contribution is -2.27. The van der Waals surface area contributed by atoms with Crippen LogP contribution in [0.2, 0.25) is 0 Å². The van der Waals surface area contributed by atoms with E-state index in [4.69, 9.17) is 10.5 Å². The van der Waals surface area contributed by atoms with E-state index in [1.165, 1.54) is 0 Å². The largest absolute Gasteiger partial charge is 0.488 e. The van der Waals surface area contributed by atoms with Crippen LogP contribution in [-0.4, -0.2) is 30.6 Å². The summed E-state index contributed by atoms with van der Waals surface area (Å²) < 4.78 is 5.71. The zero-order chi connectivity index (χ0) is 13.0. The molecule has 1 amide bonds. The SMILES string of the molecule is CNCC(C)Oc1cc(C)nc(C)c1C(N)=O. The first-order valence-electron chi connectivity index (χ1n) is 5.55. The van der Waals surface area contributed by atoms with Gasteiger partial charge in [0.25, 0.3) is 5.91 Å². The third-order valence-corrected chi connectivity index (χ3v) is 2.36. The van der Waals surface area contributed by atoms with Crippen LogP contribution in [0.15, 0.2) is 6.07 Å². The Morgan fingerprint density at radius 1 is 1.59 bits per heavy atom. The Kier molecular flexibility index (Phi) is 4.45. The van der Waals surface area contributed by atoms with Crippen LogP contribution < -0.4 is 15.8 Å². The van der Waals surface area contributed by atoms with Gasteiger partial charge in [0, 0.05) is 18.3 Å². The van der Waals surface area contributed by atoms with E-state index in [1.807, 2.05) is 20.9 Å².